The summed E-state index contributed by atoms with van der Waals surface area (Å²) in [5.41, 5.74) is 3.72. The number of halogens is 2. The monoisotopic (exact) mass is 499 g/mol. The molecule has 1 aliphatic heterocycles. The molecule has 0 aromatic heterocycles. The van der Waals surface area contributed by atoms with Crippen molar-refractivity contribution < 1.29 is 4.79 Å². The van der Waals surface area contributed by atoms with Gasteiger partial charge in [0.25, 0.3) is 5.91 Å². The zero-order valence-corrected chi connectivity index (χ0v) is 20.6. The average Bonchev–Trinajstić information content (AvgIpc) is 2.71. The van der Waals surface area contributed by atoms with Crippen molar-refractivity contribution in [2.24, 2.45) is 0 Å². The highest BCUT2D eigenvalue weighted by molar-refractivity contribution is 9.10. The van der Waals surface area contributed by atoms with Gasteiger partial charge in [-0.3, -0.25) is 4.79 Å². The number of nitrogens with zero attached hydrogens (tertiary/aromatic N) is 2. The number of nitrogens with one attached hydrogen (secondary N) is 1. The van der Waals surface area contributed by atoms with Crippen LogP contribution >= 0.6 is 27.5 Å². The van der Waals surface area contributed by atoms with Crippen LogP contribution < -0.4 is 10.2 Å². The van der Waals surface area contributed by atoms with Crippen LogP contribution in [0, 0.1) is 11.3 Å². The van der Waals surface area contributed by atoms with E-state index in [0.717, 1.165) is 29.5 Å². The number of fused-ring (bicyclic) bond motifs is 1. The molecule has 0 saturated heterocycles. The van der Waals surface area contributed by atoms with Crippen LogP contribution in [0.15, 0.2) is 46.4 Å². The fraction of sp³-hybridized carbons (Fsp3) is 0.360. The Kier molecular flexibility index (Phi) is 7.13. The zero-order chi connectivity index (χ0) is 22.8. The number of hydrogen-bond acceptors (Lipinski definition) is 3. The number of benzene rings is 2. The smallest absolute Gasteiger partial charge is 0.266 e. The minimum absolute atomic E-state index is 0.0129. The van der Waals surface area contributed by atoms with Crippen molar-refractivity contribution in [1.29, 1.82) is 5.26 Å². The first-order chi connectivity index (χ1) is 14.7. The van der Waals surface area contributed by atoms with Gasteiger partial charge in [-0.15, -0.1) is 0 Å². The van der Waals surface area contributed by atoms with Gasteiger partial charge in [-0.05, 0) is 86.2 Å². The van der Waals surface area contributed by atoms with Crippen molar-refractivity contribution in [2.75, 3.05) is 16.8 Å². The van der Waals surface area contributed by atoms with Gasteiger partial charge in [0, 0.05) is 33.0 Å². The second-order valence-corrected chi connectivity index (χ2v) is 9.96. The Morgan fingerprint density at radius 1 is 1.35 bits per heavy atom. The van der Waals surface area contributed by atoms with E-state index in [1.54, 1.807) is 18.2 Å². The Bertz CT molecular complexity index is 1050. The van der Waals surface area contributed by atoms with Gasteiger partial charge in [-0.2, -0.15) is 5.26 Å². The summed E-state index contributed by atoms with van der Waals surface area (Å²) in [7, 11) is 0. The van der Waals surface area contributed by atoms with Gasteiger partial charge in [0.1, 0.15) is 11.6 Å². The maximum Gasteiger partial charge on any atom is 0.266 e. The third-order valence-electron chi connectivity index (χ3n) is 5.72. The third kappa shape index (κ3) is 5.14. The highest BCUT2D eigenvalue weighted by Crippen LogP contribution is 2.45. The lowest BCUT2D eigenvalue weighted by Crippen LogP contribution is -2.48. The van der Waals surface area contributed by atoms with E-state index >= 15 is 0 Å². The van der Waals surface area contributed by atoms with E-state index in [2.05, 4.69) is 53.8 Å². The van der Waals surface area contributed by atoms with Gasteiger partial charge in [0.05, 0.1) is 0 Å². The number of hydrogen-bond donors (Lipinski definition) is 1. The summed E-state index contributed by atoms with van der Waals surface area (Å²) in [5.74, 6) is -0.106. The highest BCUT2D eigenvalue weighted by atomic mass is 79.9. The quantitative estimate of drug-likeness (QED) is 0.350. The molecule has 1 N–H and O–H groups in total. The minimum atomic E-state index is -0.458. The SMILES string of the molecule is CCCN1c2cc(Cl)c(/C=C(\C#N)C(=O)Nc3ccc(Br)cc3)cc2C(C)CC1(C)C. The summed E-state index contributed by atoms with van der Waals surface area (Å²) in [6, 6.07) is 13.2. The van der Waals surface area contributed by atoms with Crippen molar-refractivity contribution in [2.45, 2.75) is 52.0 Å². The Balaban J connectivity index is 1.96. The Morgan fingerprint density at radius 3 is 2.65 bits per heavy atom. The number of nitriles is 1. The normalized spacial score (nSPS) is 17.6. The van der Waals surface area contributed by atoms with Crippen molar-refractivity contribution in [3.05, 3.63) is 62.6 Å². The van der Waals surface area contributed by atoms with Gasteiger partial charge in [-0.1, -0.05) is 41.4 Å². The maximum atomic E-state index is 12.7. The number of rotatable bonds is 5. The van der Waals surface area contributed by atoms with Crippen LogP contribution in [0.25, 0.3) is 6.08 Å². The van der Waals surface area contributed by atoms with Crippen LogP contribution in [0.3, 0.4) is 0 Å². The summed E-state index contributed by atoms with van der Waals surface area (Å²) in [5, 5.41) is 12.9. The van der Waals surface area contributed by atoms with Crippen LogP contribution in [0.2, 0.25) is 5.02 Å². The minimum Gasteiger partial charge on any atom is -0.366 e. The summed E-state index contributed by atoms with van der Waals surface area (Å²) in [6.07, 6.45) is 3.65. The third-order valence-corrected chi connectivity index (χ3v) is 6.57. The van der Waals surface area contributed by atoms with E-state index in [9.17, 15) is 10.1 Å². The second-order valence-electron chi connectivity index (χ2n) is 8.63. The van der Waals surface area contributed by atoms with Gasteiger partial charge < -0.3 is 10.2 Å². The predicted molar refractivity (Wildman–Crippen MR) is 133 cm³/mol. The first-order valence-electron chi connectivity index (χ1n) is 10.5. The molecule has 0 fully saturated rings. The van der Waals surface area contributed by atoms with Crippen LogP contribution in [0.4, 0.5) is 11.4 Å². The van der Waals surface area contributed by atoms with Gasteiger partial charge in [0.15, 0.2) is 0 Å². The number of carbonyl (C=O) groups excluding carboxylic acids is 1. The molecule has 3 rings (SSSR count). The average molecular weight is 501 g/mol. The van der Waals surface area contributed by atoms with Crippen molar-refractivity contribution in [3.63, 3.8) is 0 Å². The summed E-state index contributed by atoms with van der Waals surface area (Å²) < 4.78 is 0.914. The Labute approximate surface area is 198 Å². The summed E-state index contributed by atoms with van der Waals surface area (Å²) in [4.78, 5) is 15.1. The first-order valence-corrected chi connectivity index (χ1v) is 11.6. The molecule has 1 unspecified atom stereocenters. The van der Waals surface area contributed by atoms with E-state index in [1.165, 1.54) is 5.56 Å². The summed E-state index contributed by atoms with van der Waals surface area (Å²) >= 11 is 10.0. The maximum absolute atomic E-state index is 12.7. The number of carbonyl (C=O) groups is 1. The fourth-order valence-electron chi connectivity index (χ4n) is 4.31. The van der Waals surface area contributed by atoms with E-state index in [1.807, 2.05) is 30.3 Å². The van der Waals surface area contributed by atoms with Crippen LogP contribution in [-0.4, -0.2) is 18.0 Å². The highest BCUT2D eigenvalue weighted by Gasteiger charge is 2.36. The molecule has 1 atom stereocenters. The topological polar surface area (TPSA) is 56.1 Å². The van der Waals surface area contributed by atoms with Crippen LogP contribution in [0.5, 0.6) is 0 Å². The van der Waals surface area contributed by atoms with Crippen LogP contribution in [-0.2, 0) is 4.79 Å². The molecule has 0 aliphatic carbocycles. The molecule has 1 heterocycles. The Morgan fingerprint density at radius 2 is 2.03 bits per heavy atom. The van der Waals surface area contributed by atoms with E-state index < -0.39 is 5.91 Å². The lowest BCUT2D eigenvalue weighted by molar-refractivity contribution is -0.112. The van der Waals surface area contributed by atoms with Crippen molar-refractivity contribution in [1.82, 2.24) is 0 Å². The standard InChI is InChI=1S/C25H27BrClN3O/c1-5-10-30-23-13-22(27)17(12-21(23)16(2)14-25(30,3)4)11-18(15-28)24(31)29-20-8-6-19(26)7-9-20/h6-9,11-13,16H,5,10,14H2,1-4H3,(H,29,31)/b18-11+. The Hall–Kier alpha value is -2.29. The zero-order valence-electron chi connectivity index (χ0n) is 18.3. The van der Waals surface area contributed by atoms with E-state index in [0.29, 0.717) is 22.2 Å². The van der Waals surface area contributed by atoms with Crippen molar-refractivity contribution in [3.8, 4) is 6.07 Å². The first kappa shape index (κ1) is 23.4. The molecule has 0 radical (unpaired) electrons. The molecule has 0 saturated carbocycles. The molecule has 162 valence electrons. The molecule has 1 amide bonds. The molecule has 31 heavy (non-hydrogen) atoms. The van der Waals surface area contributed by atoms with Gasteiger partial charge >= 0.3 is 0 Å². The predicted octanol–water partition coefficient (Wildman–Crippen LogP) is 7.15. The van der Waals surface area contributed by atoms with Crippen molar-refractivity contribution >= 4 is 50.9 Å². The number of amides is 1. The molecular weight excluding hydrogens is 474 g/mol. The van der Waals surface area contributed by atoms with E-state index in [-0.39, 0.29) is 11.1 Å². The molecular formula is C25H27BrClN3O. The molecule has 1 aliphatic rings. The largest absolute Gasteiger partial charge is 0.366 e. The second kappa shape index (κ2) is 9.46. The molecule has 0 spiro atoms. The van der Waals surface area contributed by atoms with E-state index in [4.69, 9.17) is 11.6 Å². The molecule has 0 bridgehead atoms. The summed E-state index contributed by atoms with van der Waals surface area (Å²) in [6.45, 7) is 9.89. The molecule has 6 heteroatoms. The van der Waals surface area contributed by atoms with Gasteiger partial charge in [0.2, 0.25) is 0 Å². The molecule has 2 aromatic carbocycles. The number of anilines is 2. The van der Waals surface area contributed by atoms with Gasteiger partial charge in [-0.25, -0.2) is 0 Å². The lowest BCUT2D eigenvalue weighted by Gasteiger charge is -2.47. The molecule has 4 nitrogen and oxygen atoms in total. The fourth-order valence-corrected chi connectivity index (χ4v) is 4.79. The molecule has 2 aromatic rings. The van der Waals surface area contributed by atoms with Crippen LogP contribution in [0.1, 0.15) is 57.6 Å². The lowest BCUT2D eigenvalue weighted by atomic mass is 9.79.